The van der Waals surface area contributed by atoms with Crippen LogP contribution in [0.3, 0.4) is 0 Å². The predicted octanol–water partition coefficient (Wildman–Crippen LogP) is 3.77. The van der Waals surface area contributed by atoms with Crippen LogP contribution >= 0.6 is 15.9 Å². The first-order chi connectivity index (χ1) is 8.69. The number of hydrogen-bond acceptors (Lipinski definition) is 2. The Morgan fingerprint density at radius 3 is 2.78 bits per heavy atom. The highest BCUT2D eigenvalue weighted by Gasteiger charge is 2.30. The maximum Gasteiger partial charge on any atom is 0.137 e. The molecule has 0 amide bonds. The number of ketones is 1. The maximum atomic E-state index is 12.0. The molecule has 0 bridgehead atoms. The van der Waals surface area contributed by atoms with Gasteiger partial charge in [-0.3, -0.25) is 4.79 Å². The van der Waals surface area contributed by atoms with Crippen molar-refractivity contribution in [2.75, 3.05) is 6.61 Å². The summed E-state index contributed by atoms with van der Waals surface area (Å²) in [5.74, 6) is 0.874. The van der Waals surface area contributed by atoms with Gasteiger partial charge in [0.2, 0.25) is 0 Å². The first-order valence-corrected chi connectivity index (χ1v) is 7.35. The van der Waals surface area contributed by atoms with E-state index in [2.05, 4.69) is 15.9 Å². The minimum atomic E-state index is 0.335. The SMILES string of the molecule is CCOC1CC(CC(=O)Cc2ccccc2Br)C1. The molecular formula is C15H19BrO2. The van der Waals surface area contributed by atoms with Crippen molar-refractivity contribution in [1.29, 1.82) is 0 Å². The van der Waals surface area contributed by atoms with Crippen molar-refractivity contribution in [2.24, 2.45) is 5.92 Å². The zero-order valence-corrected chi connectivity index (χ0v) is 12.3. The molecular weight excluding hydrogens is 292 g/mol. The van der Waals surface area contributed by atoms with Crippen molar-refractivity contribution in [3.8, 4) is 0 Å². The summed E-state index contributed by atoms with van der Waals surface area (Å²) in [6, 6.07) is 7.93. The summed E-state index contributed by atoms with van der Waals surface area (Å²) >= 11 is 3.48. The van der Waals surface area contributed by atoms with Gasteiger partial charge in [-0.25, -0.2) is 0 Å². The fourth-order valence-corrected chi connectivity index (χ4v) is 2.89. The summed E-state index contributed by atoms with van der Waals surface area (Å²) in [6.07, 6.45) is 3.74. The lowest BCUT2D eigenvalue weighted by molar-refractivity contribution is -0.121. The van der Waals surface area contributed by atoms with Crippen LogP contribution in [0, 0.1) is 5.92 Å². The second-order valence-corrected chi connectivity index (χ2v) is 5.78. The van der Waals surface area contributed by atoms with E-state index in [0.29, 0.717) is 30.6 Å². The van der Waals surface area contributed by atoms with Crippen molar-refractivity contribution in [2.45, 2.75) is 38.7 Å². The quantitative estimate of drug-likeness (QED) is 0.799. The van der Waals surface area contributed by atoms with E-state index in [1.165, 1.54) is 0 Å². The third kappa shape index (κ3) is 3.66. The topological polar surface area (TPSA) is 26.3 Å². The smallest absolute Gasteiger partial charge is 0.137 e. The van der Waals surface area contributed by atoms with E-state index >= 15 is 0 Å². The van der Waals surface area contributed by atoms with Crippen LogP contribution in [-0.2, 0) is 16.0 Å². The number of carbonyl (C=O) groups is 1. The van der Waals surface area contributed by atoms with Gasteiger partial charge in [0, 0.05) is 23.9 Å². The molecule has 1 aliphatic carbocycles. The Hall–Kier alpha value is -0.670. The summed E-state index contributed by atoms with van der Waals surface area (Å²) < 4.78 is 6.54. The highest BCUT2D eigenvalue weighted by atomic mass is 79.9. The maximum absolute atomic E-state index is 12.0. The van der Waals surface area contributed by atoms with Crippen LogP contribution in [0.1, 0.15) is 31.7 Å². The van der Waals surface area contributed by atoms with E-state index in [1.54, 1.807) is 0 Å². The van der Waals surface area contributed by atoms with Crippen molar-refractivity contribution >= 4 is 21.7 Å². The van der Waals surface area contributed by atoms with Crippen LogP contribution in [-0.4, -0.2) is 18.5 Å². The average Bonchev–Trinajstić information content (AvgIpc) is 2.29. The largest absolute Gasteiger partial charge is 0.378 e. The van der Waals surface area contributed by atoms with Crippen LogP contribution in [0.4, 0.5) is 0 Å². The average molecular weight is 311 g/mol. The minimum Gasteiger partial charge on any atom is -0.378 e. The Morgan fingerprint density at radius 2 is 2.11 bits per heavy atom. The standard InChI is InChI=1S/C15H19BrO2/c1-2-18-14-8-11(9-14)7-13(17)10-12-5-3-4-6-15(12)16/h3-6,11,14H,2,7-10H2,1H3. The number of ether oxygens (including phenoxy) is 1. The van der Waals surface area contributed by atoms with E-state index in [4.69, 9.17) is 4.74 Å². The molecule has 18 heavy (non-hydrogen) atoms. The minimum absolute atomic E-state index is 0.335. The number of carbonyl (C=O) groups excluding carboxylic acids is 1. The molecule has 1 fully saturated rings. The van der Waals surface area contributed by atoms with Gasteiger partial charge in [-0.05, 0) is 37.3 Å². The number of halogens is 1. The highest BCUT2D eigenvalue weighted by molar-refractivity contribution is 9.10. The third-order valence-corrected chi connectivity index (χ3v) is 4.23. The Bertz CT molecular complexity index is 411. The normalized spacial score (nSPS) is 22.6. The summed E-state index contributed by atoms with van der Waals surface area (Å²) in [5, 5.41) is 0. The van der Waals surface area contributed by atoms with E-state index in [9.17, 15) is 4.79 Å². The molecule has 0 radical (unpaired) electrons. The molecule has 0 N–H and O–H groups in total. The Kier molecular flexibility index (Phi) is 4.95. The van der Waals surface area contributed by atoms with Gasteiger partial charge < -0.3 is 4.74 Å². The zero-order valence-electron chi connectivity index (χ0n) is 10.7. The first-order valence-electron chi connectivity index (χ1n) is 6.55. The number of hydrogen-bond donors (Lipinski definition) is 0. The molecule has 1 aromatic carbocycles. The summed E-state index contributed by atoms with van der Waals surface area (Å²) in [7, 11) is 0. The summed E-state index contributed by atoms with van der Waals surface area (Å²) in [6.45, 7) is 2.80. The molecule has 2 rings (SSSR count). The van der Waals surface area contributed by atoms with Gasteiger partial charge >= 0.3 is 0 Å². The van der Waals surface area contributed by atoms with Gasteiger partial charge in [-0.2, -0.15) is 0 Å². The number of Topliss-reactive ketones (excluding diaryl/α,β-unsaturated/α-hetero) is 1. The molecule has 1 saturated carbocycles. The molecule has 0 aromatic heterocycles. The second-order valence-electron chi connectivity index (χ2n) is 4.93. The summed E-state index contributed by atoms with van der Waals surface area (Å²) in [4.78, 5) is 12.0. The van der Waals surface area contributed by atoms with Gasteiger partial charge in [0.1, 0.15) is 5.78 Å². The Morgan fingerprint density at radius 1 is 1.39 bits per heavy atom. The molecule has 98 valence electrons. The van der Waals surface area contributed by atoms with E-state index < -0.39 is 0 Å². The molecule has 0 unspecified atom stereocenters. The van der Waals surface area contributed by atoms with Crippen molar-refractivity contribution in [3.63, 3.8) is 0 Å². The lowest BCUT2D eigenvalue weighted by atomic mass is 9.78. The van der Waals surface area contributed by atoms with Gasteiger partial charge in [-0.1, -0.05) is 34.1 Å². The number of rotatable bonds is 6. The van der Waals surface area contributed by atoms with E-state index in [0.717, 1.165) is 29.5 Å². The molecule has 0 spiro atoms. The lowest BCUT2D eigenvalue weighted by Crippen LogP contribution is -2.33. The zero-order chi connectivity index (χ0) is 13.0. The molecule has 0 aliphatic heterocycles. The van der Waals surface area contributed by atoms with Crippen LogP contribution in [0.5, 0.6) is 0 Å². The van der Waals surface area contributed by atoms with Gasteiger partial charge in [0.15, 0.2) is 0 Å². The van der Waals surface area contributed by atoms with Gasteiger partial charge in [0.25, 0.3) is 0 Å². The molecule has 0 heterocycles. The molecule has 0 saturated heterocycles. The van der Waals surface area contributed by atoms with Crippen molar-refractivity contribution < 1.29 is 9.53 Å². The van der Waals surface area contributed by atoms with Crippen LogP contribution in [0.2, 0.25) is 0 Å². The van der Waals surface area contributed by atoms with Crippen LogP contribution < -0.4 is 0 Å². The molecule has 3 heteroatoms. The van der Waals surface area contributed by atoms with Crippen LogP contribution in [0.25, 0.3) is 0 Å². The first kappa shape index (κ1) is 13.8. The molecule has 1 aromatic rings. The molecule has 1 aliphatic rings. The van der Waals surface area contributed by atoms with E-state index in [-0.39, 0.29) is 0 Å². The van der Waals surface area contributed by atoms with Gasteiger partial charge in [0.05, 0.1) is 6.10 Å². The Labute approximate surface area is 117 Å². The third-order valence-electron chi connectivity index (χ3n) is 3.46. The van der Waals surface area contributed by atoms with Crippen LogP contribution in [0.15, 0.2) is 28.7 Å². The monoisotopic (exact) mass is 310 g/mol. The fraction of sp³-hybridized carbons (Fsp3) is 0.533. The fourth-order valence-electron chi connectivity index (χ4n) is 2.46. The number of benzene rings is 1. The Balaban J connectivity index is 1.75. The highest BCUT2D eigenvalue weighted by Crippen LogP contribution is 2.33. The van der Waals surface area contributed by atoms with Crippen molar-refractivity contribution in [1.82, 2.24) is 0 Å². The predicted molar refractivity (Wildman–Crippen MR) is 75.6 cm³/mol. The van der Waals surface area contributed by atoms with Crippen molar-refractivity contribution in [3.05, 3.63) is 34.3 Å². The van der Waals surface area contributed by atoms with Gasteiger partial charge in [-0.15, -0.1) is 0 Å². The molecule has 0 atom stereocenters. The molecule has 2 nitrogen and oxygen atoms in total. The van der Waals surface area contributed by atoms with E-state index in [1.807, 2.05) is 31.2 Å². The lowest BCUT2D eigenvalue weighted by Gasteiger charge is -2.34. The summed E-state index contributed by atoms with van der Waals surface area (Å²) in [5.41, 5.74) is 1.09. The second kappa shape index (κ2) is 6.48.